The molecule has 0 saturated carbocycles. The van der Waals surface area contributed by atoms with E-state index in [2.05, 4.69) is 38.0 Å². The van der Waals surface area contributed by atoms with E-state index in [9.17, 15) is 0 Å². The number of aromatic nitrogens is 3. The molecule has 1 aliphatic heterocycles. The highest BCUT2D eigenvalue weighted by molar-refractivity contribution is 7.98. The Morgan fingerprint density at radius 3 is 2.65 bits per heavy atom. The molecule has 0 aromatic carbocycles. The smallest absolute Gasteiger partial charge is 0.112 e. The lowest BCUT2D eigenvalue weighted by molar-refractivity contribution is 0.269. The van der Waals surface area contributed by atoms with Crippen LogP contribution in [0, 0.1) is 0 Å². The number of hydrogen-bond acceptors (Lipinski definition) is 6. The van der Waals surface area contributed by atoms with Gasteiger partial charge in [-0.25, -0.2) is 4.98 Å². The molecule has 3 heterocycles. The topological polar surface area (TPSA) is 74.1 Å². The molecule has 26 heavy (non-hydrogen) atoms. The molecular weight excluding hydrogens is 344 g/mol. The van der Waals surface area contributed by atoms with Crippen LogP contribution in [0.3, 0.4) is 0 Å². The zero-order chi connectivity index (χ0) is 18.0. The molecular formula is C19H30N6S. The monoisotopic (exact) mass is 374 g/mol. The highest BCUT2D eigenvalue weighted by Crippen LogP contribution is 2.13. The number of nitrogens with zero attached hydrogens (tertiary/aromatic N) is 4. The van der Waals surface area contributed by atoms with Gasteiger partial charge in [-0.3, -0.25) is 4.98 Å². The van der Waals surface area contributed by atoms with Gasteiger partial charge in [-0.15, -0.1) is 0 Å². The summed E-state index contributed by atoms with van der Waals surface area (Å²) in [7, 11) is 0. The summed E-state index contributed by atoms with van der Waals surface area (Å²) in [5, 5.41) is 0. The Morgan fingerprint density at radius 1 is 1.08 bits per heavy atom. The Morgan fingerprint density at radius 2 is 1.88 bits per heavy atom. The third-order valence-corrected chi connectivity index (χ3v) is 5.67. The number of thioether (sulfide) groups is 1. The number of rotatable bonds is 9. The van der Waals surface area contributed by atoms with Crippen molar-refractivity contribution < 1.29 is 0 Å². The molecule has 6 nitrogen and oxygen atoms in total. The van der Waals surface area contributed by atoms with Crippen molar-refractivity contribution in [2.45, 2.75) is 18.6 Å². The Balaban J connectivity index is 1.37. The SMILES string of the molecule is NCCN1CCCN(CCSCc2cccc(Cc3ncc[nH]3)n2)CC1. The Kier molecular flexibility index (Phi) is 7.94. The molecule has 2 aromatic rings. The number of aromatic amines is 1. The lowest BCUT2D eigenvalue weighted by Crippen LogP contribution is -2.34. The van der Waals surface area contributed by atoms with E-state index in [0.29, 0.717) is 0 Å². The fraction of sp³-hybridized carbons (Fsp3) is 0.579. The zero-order valence-corrected chi connectivity index (χ0v) is 16.3. The molecule has 0 aliphatic carbocycles. The average Bonchev–Trinajstić information content (AvgIpc) is 3.05. The first-order valence-corrected chi connectivity index (χ1v) is 10.6. The van der Waals surface area contributed by atoms with Crippen LogP contribution in [-0.2, 0) is 12.2 Å². The second kappa shape index (κ2) is 10.7. The number of H-pyrrole nitrogens is 1. The summed E-state index contributed by atoms with van der Waals surface area (Å²) >= 11 is 1.97. The number of nitrogens with one attached hydrogen (secondary N) is 1. The minimum absolute atomic E-state index is 0.762. The van der Waals surface area contributed by atoms with E-state index in [-0.39, 0.29) is 0 Å². The average molecular weight is 375 g/mol. The van der Waals surface area contributed by atoms with Crippen molar-refractivity contribution in [1.82, 2.24) is 24.8 Å². The van der Waals surface area contributed by atoms with E-state index in [1.807, 2.05) is 18.0 Å². The van der Waals surface area contributed by atoms with E-state index < -0.39 is 0 Å². The molecule has 0 atom stereocenters. The number of pyridine rings is 1. The molecule has 0 radical (unpaired) electrons. The van der Waals surface area contributed by atoms with Crippen molar-refractivity contribution in [3.05, 3.63) is 47.8 Å². The molecule has 1 saturated heterocycles. The number of nitrogens with two attached hydrogens (primary N) is 1. The minimum atomic E-state index is 0.762. The standard InChI is InChI=1S/C19H30N6S/c20-5-10-24-8-2-9-25(12-11-24)13-14-26-16-18-4-1-3-17(23-18)15-19-21-6-7-22-19/h1,3-4,6-7H,2,5,8-16,20H2,(H,21,22). The summed E-state index contributed by atoms with van der Waals surface area (Å²) in [5.74, 6) is 3.09. The zero-order valence-electron chi connectivity index (χ0n) is 15.4. The number of hydrogen-bond donors (Lipinski definition) is 2. The molecule has 3 N–H and O–H groups in total. The molecule has 0 amide bonds. The lowest BCUT2D eigenvalue weighted by atomic mass is 10.2. The van der Waals surface area contributed by atoms with Crippen molar-refractivity contribution >= 4 is 11.8 Å². The van der Waals surface area contributed by atoms with Gasteiger partial charge in [-0.05, 0) is 31.6 Å². The maximum absolute atomic E-state index is 5.68. The molecule has 1 fully saturated rings. The fourth-order valence-electron chi connectivity index (χ4n) is 3.30. The summed E-state index contributed by atoms with van der Waals surface area (Å²) in [5.41, 5.74) is 7.91. The highest BCUT2D eigenvalue weighted by Gasteiger charge is 2.13. The van der Waals surface area contributed by atoms with Crippen LogP contribution in [0.25, 0.3) is 0 Å². The first kappa shape index (κ1) is 19.4. The van der Waals surface area contributed by atoms with Gasteiger partial charge in [-0.2, -0.15) is 11.8 Å². The third kappa shape index (κ3) is 6.39. The predicted octanol–water partition coefficient (Wildman–Crippen LogP) is 1.60. The van der Waals surface area contributed by atoms with Crippen LogP contribution >= 0.6 is 11.8 Å². The van der Waals surface area contributed by atoms with Crippen molar-refractivity contribution in [3.63, 3.8) is 0 Å². The lowest BCUT2D eigenvalue weighted by Gasteiger charge is -2.21. The predicted molar refractivity (Wildman–Crippen MR) is 108 cm³/mol. The van der Waals surface area contributed by atoms with Crippen molar-refractivity contribution in [2.75, 3.05) is 51.6 Å². The van der Waals surface area contributed by atoms with Crippen LogP contribution in [-0.4, -0.2) is 76.3 Å². The summed E-state index contributed by atoms with van der Waals surface area (Å²) in [4.78, 5) is 17.3. The van der Waals surface area contributed by atoms with Crippen LogP contribution in [0.15, 0.2) is 30.6 Å². The summed E-state index contributed by atoms with van der Waals surface area (Å²) in [6.07, 6.45) is 5.65. The van der Waals surface area contributed by atoms with Crippen molar-refractivity contribution in [3.8, 4) is 0 Å². The molecule has 7 heteroatoms. The first-order valence-electron chi connectivity index (χ1n) is 9.49. The van der Waals surface area contributed by atoms with Gasteiger partial charge in [0.1, 0.15) is 5.82 Å². The number of imidazole rings is 1. The Hall–Kier alpha value is -1.41. The van der Waals surface area contributed by atoms with Gasteiger partial charge in [0.25, 0.3) is 0 Å². The van der Waals surface area contributed by atoms with Crippen LogP contribution < -0.4 is 5.73 Å². The Labute approximate surface area is 160 Å². The largest absolute Gasteiger partial charge is 0.348 e. The highest BCUT2D eigenvalue weighted by atomic mass is 32.2. The normalized spacial score (nSPS) is 16.7. The van der Waals surface area contributed by atoms with E-state index in [1.165, 1.54) is 19.5 Å². The Bertz CT molecular complexity index is 633. The van der Waals surface area contributed by atoms with Crippen molar-refractivity contribution in [2.24, 2.45) is 5.73 Å². The first-order chi connectivity index (χ1) is 12.8. The molecule has 0 unspecified atom stereocenters. The molecule has 3 rings (SSSR count). The maximum Gasteiger partial charge on any atom is 0.112 e. The molecule has 0 bridgehead atoms. The fourth-order valence-corrected chi connectivity index (χ4v) is 4.20. The van der Waals surface area contributed by atoms with E-state index >= 15 is 0 Å². The second-order valence-corrected chi connectivity index (χ2v) is 7.82. The summed E-state index contributed by atoms with van der Waals surface area (Å²) < 4.78 is 0. The molecule has 142 valence electrons. The van der Waals surface area contributed by atoms with Crippen LogP contribution in [0.4, 0.5) is 0 Å². The second-order valence-electron chi connectivity index (χ2n) is 6.71. The minimum Gasteiger partial charge on any atom is -0.348 e. The van der Waals surface area contributed by atoms with E-state index in [0.717, 1.165) is 67.9 Å². The molecule has 1 aliphatic rings. The molecule has 2 aromatic heterocycles. The third-order valence-electron chi connectivity index (χ3n) is 4.70. The van der Waals surface area contributed by atoms with Gasteiger partial charge in [0.2, 0.25) is 0 Å². The van der Waals surface area contributed by atoms with Gasteiger partial charge >= 0.3 is 0 Å². The van der Waals surface area contributed by atoms with Gasteiger partial charge in [0.15, 0.2) is 0 Å². The van der Waals surface area contributed by atoms with Gasteiger partial charge in [0.05, 0.1) is 5.69 Å². The van der Waals surface area contributed by atoms with Crippen LogP contribution in [0.1, 0.15) is 23.6 Å². The summed E-state index contributed by atoms with van der Waals surface area (Å²) in [6.45, 7) is 7.67. The van der Waals surface area contributed by atoms with E-state index in [1.54, 1.807) is 6.20 Å². The van der Waals surface area contributed by atoms with Crippen LogP contribution in [0.2, 0.25) is 0 Å². The van der Waals surface area contributed by atoms with Crippen LogP contribution in [0.5, 0.6) is 0 Å². The van der Waals surface area contributed by atoms with Crippen molar-refractivity contribution in [1.29, 1.82) is 0 Å². The quantitative estimate of drug-likeness (QED) is 0.650. The van der Waals surface area contributed by atoms with Gasteiger partial charge in [0, 0.05) is 68.7 Å². The van der Waals surface area contributed by atoms with E-state index in [4.69, 9.17) is 10.7 Å². The van der Waals surface area contributed by atoms with Gasteiger partial charge in [-0.1, -0.05) is 6.07 Å². The maximum atomic E-state index is 5.68. The molecule has 0 spiro atoms. The summed E-state index contributed by atoms with van der Waals surface area (Å²) in [6, 6.07) is 6.29. The van der Waals surface area contributed by atoms with Gasteiger partial charge < -0.3 is 20.5 Å².